The third-order valence-electron chi connectivity index (χ3n) is 2.97. The number of nitrogens with one attached hydrogen (secondary N) is 1. The molecule has 5 nitrogen and oxygen atoms in total. The normalized spacial score (nSPS) is 10.7. The highest BCUT2D eigenvalue weighted by Crippen LogP contribution is 2.20. The molecular weight excluding hydrogens is 288 g/mol. The third kappa shape index (κ3) is 3.33. The van der Waals surface area contributed by atoms with E-state index in [0.717, 1.165) is 0 Å². The van der Waals surface area contributed by atoms with Crippen molar-refractivity contribution in [1.29, 1.82) is 5.26 Å². The number of rotatable bonds is 4. The molecular formula is C15H14N2O3S. The van der Waals surface area contributed by atoms with Crippen molar-refractivity contribution in [1.82, 2.24) is 0 Å². The molecule has 0 bridgehead atoms. The lowest BCUT2D eigenvalue weighted by Gasteiger charge is -2.09. The zero-order chi connectivity index (χ0) is 15.5. The summed E-state index contributed by atoms with van der Waals surface area (Å²) in [5.41, 5.74) is 1.52. The fraction of sp³-hybridized carbons (Fsp3) is 0.133. The van der Waals surface area contributed by atoms with Gasteiger partial charge in [0.25, 0.3) is 10.0 Å². The van der Waals surface area contributed by atoms with E-state index in [1.807, 2.05) is 6.07 Å². The molecule has 6 heteroatoms. The van der Waals surface area contributed by atoms with E-state index in [-0.39, 0.29) is 4.90 Å². The van der Waals surface area contributed by atoms with E-state index in [9.17, 15) is 8.42 Å². The third-order valence-corrected chi connectivity index (χ3v) is 4.35. The Bertz CT molecular complexity index is 791. The molecule has 0 amide bonds. The molecule has 21 heavy (non-hydrogen) atoms. The maximum Gasteiger partial charge on any atom is 0.261 e. The second kappa shape index (κ2) is 5.85. The number of benzene rings is 2. The Hall–Kier alpha value is -2.52. The van der Waals surface area contributed by atoms with Gasteiger partial charge in [-0.05, 0) is 55.0 Å². The Morgan fingerprint density at radius 3 is 2.33 bits per heavy atom. The summed E-state index contributed by atoms with van der Waals surface area (Å²) in [7, 11) is -2.14. The number of nitriles is 1. The molecule has 0 atom stereocenters. The zero-order valence-electron chi connectivity index (χ0n) is 11.6. The summed E-state index contributed by atoms with van der Waals surface area (Å²) in [5, 5.41) is 8.87. The first kappa shape index (κ1) is 14.9. The van der Waals surface area contributed by atoms with E-state index in [1.165, 1.54) is 18.2 Å². The van der Waals surface area contributed by atoms with Crippen LogP contribution in [0.2, 0.25) is 0 Å². The van der Waals surface area contributed by atoms with Gasteiger partial charge in [-0.25, -0.2) is 8.42 Å². The van der Waals surface area contributed by atoms with E-state index in [0.29, 0.717) is 22.6 Å². The van der Waals surface area contributed by atoms with E-state index in [1.54, 1.807) is 38.3 Å². The molecule has 1 N–H and O–H groups in total. The number of hydrogen-bond donors (Lipinski definition) is 1. The summed E-state index contributed by atoms with van der Waals surface area (Å²) in [5.74, 6) is 0.646. The van der Waals surface area contributed by atoms with Gasteiger partial charge in [0.1, 0.15) is 5.75 Å². The first-order valence-corrected chi connectivity index (χ1v) is 7.62. The lowest BCUT2D eigenvalue weighted by molar-refractivity contribution is 0.415. The highest BCUT2D eigenvalue weighted by molar-refractivity contribution is 7.92. The van der Waals surface area contributed by atoms with Gasteiger partial charge < -0.3 is 4.74 Å². The number of hydrogen-bond acceptors (Lipinski definition) is 4. The molecule has 0 aliphatic rings. The van der Waals surface area contributed by atoms with Gasteiger partial charge >= 0.3 is 0 Å². The van der Waals surface area contributed by atoms with Crippen molar-refractivity contribution in [2.75, 3.05) is 11.8 Å². The molecule has 0 radical (unpaired) electrons. The van der Waals surface area contributed by atoms with Crippen LogP contribution in [0.15, 0.2) is 47.4 Å². The minimum Gasteiger partial charge on any atom is -0.497 e. The molecule has 0 aromatic heterocycles. The van der Waals surface area contributed by atoms with Gasteiger partial charge in [0.05, 0.1) is 23.6 Å². The van der Waals surface area contributed by atoms with Crippen LogP contribution in [0.3, 0.4) is 0 Å². The molecule has 2 rings (SSSR count). The van der Waals surface area contributed by atoms with Gasteiger partial charge in [0, 0.05) is 5.69 Å². The van der Waals surface area contributed by atoms with Gasteiger partial charge in [-0.1, -0.05) is 0 Å². The predicted molar refractivity (Wildman–Crippen MR) is 79.7 cm³/mol. The van der Waals surface area contributed by atoms with Crippen LogP contribution in [0.25, 0.3) is 0 Å². The summed E-state index contributed by atoms with van der Waals surface area (Å²) in [4.78, 5) is 0.120. The fourth-order valence-corrected chi connectivity index (χ4v) is 2.95. The number of anilines is 1. The second-order valence-corrected chi connectivity index (χ2v) is 6.10. The standard InChI is InChI=1S/C15H14N2O3S/c1-11-9-15(8-3-12(11)10-16)21(18,19)17-13-4-6-14(20-2)7-5-13/h3-9,17H,1-2H3. The average molecular weight is 302 g/mol. The van der Waals surface area contributed by atoms with Crippen molar-refractivity contribution in [3.05, 3.63) is 53.6 Å². The quantitative estimate of drug-likeness (QED) is 0.941. The second-order valence-electron chi connectivity index (χ2n) is 4.42. The summed E-state index contributed by atoms with van der Waals surface area (Å²) in [6.07, 6.45) is 0. The predicted octanol–water partition coefficient (Wildman–Crippen LogP) is 2.68. The molecule has 0 saturated heterocycles. The van der Waals surface area contributed by atoms with Gasteiger partial charge in [0.15, 0.2) is 0 Å². The molecule has 0 saturated carbocycles. The van der Waals surface area contributed by atoms with Crippen LogP contribution in [0, 0.1) is 18.3 Å². The largest absolute Gasteiger partial charge is 0.497 e. The molecule has 0 spiro atoms. The monoisotopic (exact) mass is 302 g/mol. The Morgan fingerprint density at radius 2 is 1.81 bits per heavy atom. The summed E-state index contributed by atoms with van der Waals surface area (Å²) in [6.45, 7) is 1.70. The molecule has 2 aromatic rings. The number of aryl methyl sites for hydroxylation is 1. The zero-order valence-corrected chi connectivity index (χ0v) is 12.4. The van der Waals surface area contributed by atoms with Crippen LogP contribution in [0.4, 0.5) is 5.69 Å². The van der Waals surface area contributed by atoms with Crippen LogP contribution >= 0.6 is 0 Å². The first-order chi connectivity index (χ1) is 9.96. The van der Waals surface area contributed by atoms with Gasteiger partial charge in [-0.3, -0.25) is 4.72 Å². The Labute approximate surface area is 123 Å². The van der Waals surface area contributed by atoms with Crippen LogP contribution < -0.4 is 9.46 Å². The van der Waals surface area contributed by atoms with Crippen molar-refractivity contribution >= 4 is 15.7 Å². The van der Waals surface area contributed by atoms with E-state index in [4.69, 9.17) is 10.00 Å². The lowest BCUT2D eigenvalue weighted by Crippen LogP contribution is -2.13. The molecule has 0 unspecified atom stereocenters. The number of nitrogens with zero attached hydrogens (tertiary/aromatic N) is 1. The smallest absolute Gasteiger partial charge is 0.261 e. The van der Waals surface area contributed by atoms with Crippen molar-refractivity contribution in [3.63, 3.8) is 0 Å². The van der Waals surface area contributed by atoms with E-state index < -0.39 is 10.0 Å². The highest BCUT2D eigenvalue weighted by atomic mass is 32.2. The van der Waals surface area contributed by atoms with Crippen LogP contribution in [-0.2, 0) is 10.0 Å². The lowest BCUT2D eigenvalue weighted by atomic mass is 10.1. The molecule has 2 aromatic carbocycles. The van der Waals surface area contributed by atoms with Gasteiger partial charge in [-0.15, -0.1) is 0 Å². The number of sulfonamides is 1. The van der Waals surface area contributed by atoms with E-state index >= 15 is 0 Å². The van der Waals surface area contributed by atoms with Crippen molar-refractivity contribution in [2.45, 2.75) is 11.8 Å². The molecule has 108 valence electrons. The molecule has 0 heterocycles. The highest BCUT2D eigenvalue weighted by Gasteiger charge is 2.15. The van der Waals surface area contributed by atoms with Crippen LogP contribution in [-0.4, -0.2) is 15.5 Å². The SMILES string of the molecule is COc1ccc(NS(=O)(=O)c2ccc(C#N)c(C)c2)cc1. The summed E-state index contributed by atoms with van der Waals surface area (Å²) in [6, 6.07) is 13.0. The average Bonchev–Trinajstić information content (AvgIpc) is 2.47. The number of methoxy groups -OCH3 is 1. The maximum atomic E-state index is 12.3. The summed E-state index contributed by atoms with van der Waals surface area (Å²) < 4.78 is 32.1. The summed E-state index contributed by atoms with van der Waals surface area (Å²) >= 11 is 0. The van der Waals surface area contributed by atoms with Gasteiger partial charge in [-0.2, -0.15) is 5.26 Å². The fourth-order valence-electron chi connectivity index (χ4n) is 1.80. The number of ether oxygens (including phenoxy) is 1. The van der Waals surface area contributed by atoms with Crippen LogP contribution in [0.1, 0.15) is 11.1 Å². The molecule has 0 aliphatic heterocycles. The minimum atomic E-state index is -3.68. The maximum absolute atomic E-state index is 12.3. The van der Waals surface area contributed by atoms with Crippen molar-refractivity contribution < 1.29 is 13.2 Å². The van der Waals surface area contributed by atoms with Crippen LogP contribution in [0.5, 0.6) is 5.75 Å². The topological polar surface area (TPSA) is 79.2 Å². The van der Waals surface area contributed by atoms with Gasteiger partial charge in [0.2, 0.25) is 0 Å². The van der Waals surface area contributed by atoms with Crippen molar-refractivity contribution in [3.8, 4) is 11.8 Å². The Balaban J connectivity index is 2.29. The molecule has 0 fully saturated rings. The Kier molecular flexibility index (Phi) is 4.15. The van der Waals surface area contributed by atoms with E-state index in [2.05, 4.69) is 4.72 Å². The first-order valence-electron chi connectivity index (χ1n) is 6.14. The Morgan fingerprint density at radius 1 is 1.14 bits per heavy atom. The van der Waals surface area contributed by atoms with Crippen molar-refractivity contribution in [2.24, 2.45) is 0 Å². The minimum absolute atomic E-state index is 0.120. The molecule has 0 aliphatic carbocycles.